The minimum Gasteiger partial charge on any atom is -0.493 e. The third-order valence-corrected chi connectivity index (χ3v) is 2.55. The molecule has 1 aromatic heterocycles. The van der Waals surface area contributed by atoms with E-state index < -0.39 is 0 Å². The van der Waals surface area contributed by atoms with E-state index >= 15 is 0 Å². The zero-order chi connectivity index (χ0) is 10.7. The van der Waals surface area contributed by atoms with Crippen LogP contribution in [0.25, 0.3) is 5.69 Å². The van der Waals surface area contributed by atoms with Crippen molar-refractivity contribution in [1.29, 1.82) is 0 Å². The van der Waals surface area contributed by atoms with Crippen molar-refractivity contribution in [2.24, 2.45) is 0 Å². The van der Waals surface area contributed by atoms with Gasteiger partial charge < -0.3 is 4.74 Å². The molecule has 0 N–H and O–H groups in total. The van der Waals surface area contributed by atoms with Crippen molar-refractivity contribution in [1.82, 2.24) is 14.8 Å². The van der Waals surface area contributed by atoms with Gasteiger partial charge in [-0.15, -0.1) is 10.2 Å². The normalized spacial score (nSPS) is 10.3. The van der Waals surface area contributed by atoms with Crippen LogP contribution in [0.3, 0.4) is 0 Å². The number of hydrogen-bond acceptors (Lipinski definition) is 3. The van der Waals surface area contributed by atoms with Crippen LogP contribution in [-0.4, -0.2) is 21.4 Å². The molecule has 0 aliphatic carbocycles. The van der Waals surface area contributed by atoms with E-state index in [0.29, 0.717) is 6.61 Å². The lowest BCUT2D eigenvalue weighted by molar-refractivity contribution is 0.338. The van der Waals surface area contributed by atoms with Crippen LogP contribution in [0.4, 0.5) is 0 Å². The Morgan fingerprint density at radius 2 is 2.07 bits per heavy atom. The van der Waals surface area contributed by atoms with Crippen molar-refractivity contribution >= 4 is 15.9 Å². The van der Waals surface area contributed by atoms with E-state index in [4.69, 9.17) is 4.74 Å². The van der Waals surface area contributed by atoms with E-state index in [1.807, 2.05) is 29.7 Å². The van der Waals surface area contributed by atoms with Gasteiger partial charge in [0.05, 0.1) is 11.1 Å². The van der Waals surface area contributed by atoms with Gasteiger partial charge in [0.2, 0.25) is 0 Å². The van der Waals surface area contributed by atoms with E-state index in [1.165, 1.54) is 0 Å². The summed E-state index contributed by atoms with van der Waals surface area (Å²) < 4.78 is 8.18. The molecular formula is C10H10BrN3O. The van der Waals surface area contributed by atoms with Crippen LogP contribution >= 0.6 is 15.9 Å². The van der Waals surface area contributed by atoms with Crippen molar-refractivity contribution in [3.05, 3.63) is 35.3 Å². The number of rotatable bonds is 3. The van der Waals surface area contributed by atoms with Gasteiger partial charge in [0.15, 0.2) is 0 Å². The summed E-state index contributed by atoms with van der Waals surface area (Å²) in [5.74, 6) is 0.842. The molecule has 0 bridgehead atoms. The Balaban J connectivity index is 2.33. The van der Waals surface area contributed by atoms with Gasteiger partial charge in [-0.1, -0.05) is 0 Å². The molecule has 78 valence electrons. The smallest absolute Gasteiger partial charge is 0.133 e. The van der Waals surface area contributed by atoms with E-state index in [0.717, 1.165) is 15.9 Å². The van der Waals surface area contributed by atoms with E-state index in [9.17, 15) is 0 Å². The molecule has 0 saturated heterocycles. The summed E-state index contributed by atoms with van der Waals surface area (Å²) in [5.41, 5.74) is 0.996. The molecule has 4 nitrogen and oxygen atoms in total. The Morgan fingerprint density at radius 3 is 2.67 bits per heavy atom. The van der Waals surface area contributed by atoms with Gasteiger partial charge >= 0.3 is 0 Å². The predicted octanol–water partition coefficient (Wildman–Crippen LogP) is 2.43. The van der Waals surface area contributed by atoms with Crippen molar-refractivity contribution in [3.8, 4) is 11.4 Å². The minimum atomic E-state index is 0.657. The predicted molar refractivity (Wildman–Crippen MR) is 60.2 cm³/mol. The van der Waals surface area contributed by atoms with Crippen LogP contribution in [0.15, 0.2) is 35.3 Å². The summed E-state index contributed by atoms with van der Waals surface area (Å²) in [6, 6.07) is 5.84. The molecule has 0 aliphatic heterocycles. The van der Waals surface area contributed by atoms with Crippen molar-refractivity contribution in [3.63, 3.8) is 0 Å². The molecule has 0 atom stereocenters. The molecule has 2 rings (SSSR count). The first kappa shape index (κ1) is 10.2. The molecule has 0 saturated carbocycles. The highest BCUT2D eigenvalue weighted by atomic mass is 79.9. The fourth-order valence-corrected chi connectivity index (χ4v) is 1.74. The number of halogens is 1. The van der Waals surface area contributed by atoms with Crippen molar-refractivity contribution in [2.75, 3.05) is 6.61 Å². The SMILES string of the molecule is CCOc1ccc(-n2cnnc2)cc1Br. The second-order valence-electron chi connectivity index (χ2n) is 2.92. The number of hydrogen-bond donors (Lipinski definition) is 0. The zero-order valence-corrected chi connectivity index (χ0v) is 9.81. The Kier molecular flexibility index (Phi) is 3.01. The van der Waals surface area contributed by atoms with E-state index in [-0.39, 0.29) is 0 Å². The van der Waals surface area contributed by atoms with Gasteiger partial charge in [0, 0.05) is 5.69 Å². The molecule has 5 heteroatoms. The van der Waals surface area contributed by atoms with Crippen LogP contribution in [0, 0.1) is 0 Å². The van der Waals surface area contributed by atoms with Crippen LogP contribution in [0.2, 0.25) is 0 Å². The monoisotopic (exact) mass is 267 g/mol. The Hall–Kier alpha value is -1.36. The van der Waals surface area contributed by atoms with Gasteiger partial charge in [-0.05, 0) is 41.1 Å². The summed E-state index contributed by atoms with van der Waals surface area (Å²) >= 11 is 3.45. The molecule has 2 aromatic rings. The summed E-state index contributed by atoms with van der Waals surface area (Å²) in [5, 5.41) is 7.51. The van der Waals surface area contributed by atoms with Gasteiger partial charge in [0.1, 0.15) is 18.4 Å². The van der Waals surface area contributed by atoms with Crippen LogP contribution in [-0.2, 0) is 0 Å². The third-order valence-electron chi connectivity index (χ3n) is 1.93. The van der Waals surface area contributed by atoms with Gasteiger partial charge in [-0.3, -0.25) is 4.57 Å². The maximum Gasteiger partial charge on any atom is 0.133 e. The van der Waals surface area contributed by atoms with E-state index in [2.05, 4.69) is 26.1 Å². The summed E-state index contributed by atoms with van der Waals surface area (Å²) in [7, 11) is 0. The maximum absolute atomic E-state index is 5.42. The number of benzene rings is 1. The highest BCUT2D eigenvalue weighted by Crippen LogP contribution is 2.27. The number of ether oxygens (including phenoxy) is 1. The fraction of sp³-hybridized carbons (Fsp3) is 0.200. The molecule has 1 aromatic carbocycles. The summed E-state index contributed by atoms with van der Waals surface area (Å²) in [6.07, 6.45) is 3.31. The topological polar surface area (TPSA) is 39.9 Å². The highest BCUT2D eigenvalue weighted by molar-refractivity contribution is 9.10. The molecule has 0 amide bonds. The number of aromatic nitrogens is 3. The summed E-state index contributed by atoms with van der Waals surface area (Å²) in [4.78, 5) is 0. The van der Waals surface area contributed by atoms with Gasteiger partial charge in [0.25, 0.3) is 0 Å². The molecule has 0 radical (unpaired) electrons. The van der Waals surface area contributed by atoms with Gasteiger partial charge in [-0.25, -0.2) is 0 Å². The van der Waals surface area contributed by atoms with Crippen molar-refractivity contribution < 1.29 is 4.74 Å². The quantitative estimate of drug-likeness (QED) is 0.858. The van der Waals surface area contributed by atoms with Crippen LogP contribution in [0.5, 0.6) is 5.75 Å². The first-order chi connectivity index (χ1) is 7.31. The minimum absolute atomic E-state index is 0.657. The first-order valence-corrected chi connectivity index (χ1v) is 5.38. The average Bonchev–Trinajstić information content (AvgIpc) is 2.74. The molecule has 15 heavy (non-hydrogen) atoms. The molecule has 0 unspecified atom stereocenters. The highest BCUT2D eigenvalue weighted by Gasteiger charge is 2.03. The second-order valence-corrected chi connectivity index (χ2v) is 3.77. The third kappa shape index (κ3) is 2.18. The molecular weight excluding hydrogens is 258 g/mol. The Morgan fingerprint density at radius 1 is 1.33 bits per heavy atom. The van der Waals surface area contributed by atoms with Crippen LogP contribution in [0.1, 0.15) is 6.92 Å². The fourth-order valence-electron chi connectivity index (χ4n) is 1.26. The molecule has 0 spiro atoms. The van der Waals surface area contributed by atoms with Crippen molar-refractivity contribution in [2.45, 2.75) is 6.92 Å². The lowest BCUT2D eigenvalue weighted by Gasteiger charge is -2.07. The zero-order valence-electron chi connectivity index (χ0n) is 8.22. The first-order valence-electron chi connectivity index (χ1n) is 4.58. The van der Waals surface area contributed by atoms with E-state index in [1.54, 1.807) is 12.7 Å². The molecule has 0 fully saturated rings. The summed E-state index contributed by atoms with van der Waals surface area (Å²) in [6.45, 7) is 2.62. The second kappa shape index (κ2) is 4.44. The molecule has 0 aliphatic rings. The lowest BCUT2D eigenvalue weighted by Crippen LogP contribution is -1.94. The Labute approximate surface area is 96.0 Å². The largest absolute Gasteiger partial charge is 0.493 e. The Bertz CT molecular complexity index is 442. The number of nitrogens with zero attached hydrogens (tertiary/aromatic N) is 3. The molecule has 1 heterocycles. The maximum atomic E-state index is 5.42. The average molecular weight is 268 g/mol. The standard InChI is InChI=1S/C10H10BrN3O/c1-2-15-10-4-3-8(5-9(10)11)14-6-12-13-7-14/h3-7H,2H2,1H3. The van der Waals surface area contributed by atoms with Crippen LogP contribution < -0.4 is 4.74 Å². The lowest BCUT2D eigenvalue weighted by atomic mass is 10.3. The van der Waals surface area contributed by atoms with Gasteiger partial charge in [-0.2, -0.15) is 0 Å².